The molecule has 5 aliphatic carbocycles. The Bertz CT molecular complexity index is 1760. The Labute approximate surface area is 272 Å². The van der Waals surface area contributed by atoms with Crippen molar-refractivity contribution in [3.05, 3.63) is 99.4 Å². The highest BCUT2D eigenvalue weighted by atomic mass is 79.9. The number of halogens is 2. The van der Waals surface area contributed by atoms with Crippen molar-refractivity contribution in [1.29, 1.82) is 5.26 Å². The number of Topliss-reactive ketones (excluding diaryl/α,β-unsaturated/α-hetero) is 1. The quantitative estimate of drug-likeness (QED) is 0.244. The second-order valence-electron chi connectivity index (χ2n) is 13.9. The molecule has 0 aromatic heterocycles. The predicted molar refractivity (Wildman–Crippen MR) is 169 cm³/mol. The number of nitriles is 1. The van der Waals surface area contributed by atoms with E-state index in [0.717, 1.165) is 28.2 Å². The van der Waals surface area contributed by atoms with Crippen LogP contribution in [-0.2, 0) is 9.53 Å². The van der Waals surface area contributed by atoms with Gasteiger partial charge >= 0.3 is 0 Å². The summed E-state index contributed by atoms with van der Waals surface area (Å²) in [7, 11) is 0. The van der Waals surface area contributed by atoms with Gasteiger partial charge in [0.15, 0.2) is 5.78 Å². The monoisotopic (exact) mass is 709 g/mol. The van der Waals surface area contributed by atoms with Crippen LogP contribution < -0.4 is 9.47 Å². The summed E-state index contributed by atoms with van der Waals surface area (Å²) < 4.78 is 23.0. The molecule has 5 fully saturated rings. The summed E-state index contributed by atoms with van der Waals surface area (Å²) in [6, 6.07) is 28.8. The minimum atomic E-state index is -1.06. The molecule has 0 unspecified atom stereocenters. The standard InChI is InChI=1S/C37H29Br2NO4/c38-21-6-10-23(11-7-21)42-33(43-24-12-8-22(39)9-13-24)30-27-17-20(16-26(27)19-4-2-1-3-5-19)37-29-25-14-15-28-31(29)36(30,37)34(41)35(28,18-40)32(25)44-37/h1-13,16,20,25,27-33H,14-15,17H2/t20-,25-,27-,28+,29-,30-,31+,32+,35-,36-,37-/m0/s1. The van der Waals surface area contributed by atoms with E-state index in [2.05, 4.69) is 68.3 Å². The van der Waals surface area contributed by atoms with Crippen molar-refractivity contribution in [2.45, 2.75) is 37.3 Å². The lowest BCUT2D eigenvalue weighted by atomic mass is 9.31. The number of nitrogens with zero attached hydrogens (tertiary/aromatic N) is 1. The highest BCUT2D eigenvalue weighted by molar-refractivity contribution is 9.10. The van der Waals surface area contributed by atoms with Gasteiger partial charge in [0.1, 0.15) is 16.9 Å². The van der Waals surface area contributed by atoms with Crippen molar-refractivity contribution in [2.24, 2.45) is 52.3 Å². The van der Waals surface area contributed by atoms with E-state index in [1.807, 2.05) is 54.6 Å². The maximum Gasteiger partial charge on any atom is 0.245 e. The number of rotatable bonds is 6. The second-order valence-corrected chi connectivity index (χ2v) is 15.7. The molecule has 2 bridgehead atoms. The second kappa shape index (κ2) is 8.66. The maximum absolute atomic E-state index is 15.4. The number of ketones is 1. The van der Waals surface area contributed by atoms with Crippen LogP contribution in [0.25, 0.3) is 5.57 Å². The van der Waals surface area contributed by atoms with Gasteiger partial charge in [0.25, 0.3) is 0 Å². The van der Waals surface area contributed by atoms with Crippen molar-refractivity contribution in [1.82, 2.24) is 0 Å². The summed E-state index contributed by atoms with van der Waals surface area (Å²) in [5.41, 5.74) is -0.0802. The topological polar surface area (TPSA) is 68.6 Å². The average molecular weight is 711 g/mol. The number of hydrogen-bond donors (Lipinski definition) is 0. The van der Waals surface area contributed by atoms with Crippen LogP contribution in [0, 0.1) is 63.6 Å². The van der Waals surface area contributed by atoms with E-state index in [0.29, 0.717) is 17.4 Å². The number of fused-ring (bicyclic) bond motifs is 8. The molecule has 1 saturated heterocycles. The van der Waals surface area contributed by atoms with Gasteiger partial charge in [0.05, 0.1) is 29.1 Å². The zero-order valence-electron chi connectivity index (χ0n) is 23.7. The molecule has 1 heterocycles. The molecule has 220 valence electrons. The van der Waals surface area contributed by atoms with Crippen LogP contribution >= 0.6 is 31.9 Å². The maximum atomic E-state index is 15.4. The lowest BCUT2D eigenvalue weighted by molar-refractivity contribution is -0.320. The van der Waals surface area contributed by atoms with Gasteiger partial charge in [0, 0.05) is 14.9 Å². The zero-order chi connectivity index (χ0) is 29.6. The molecular formula is C37H29Br2NO4. The highest BCUT2D eigenvalue weighted by Gasteiger charge is 3.00. The summed E-state index contributed by atoms with van der Waals surface area (Å²) in [6.45, 7) is 0. The van der Waals surface area contributed by atoms with Crippen LogP contribution in [0.4, 0.5) is 0 Å². The van der Waals surface area contributed by atoms with Crippen LogP contribution in [-0.4, -0.2) is 23.8 Å². The SMILES string of the molecule is N#C[C@]12C(=O)[C@]34[C@H]5[C@@H]6[C@H](CC[C@H]51)[C@H]2O[C@@]63[C@H]1C=C(c2ccccc2)[C@H](C1)[C@H]4C(Oc1ccc(Br)cc1)Oc1ccc(Br)cc1. The largest absolute Gasteiger partial charge is 0.455 e. The van der Waals surface area contributed by atoms with E-state index >= 15 is 4.79 Å². The molecule has 5 nitrogen and oxygen atoms in total. The molecule has 3 aromatic carbocycles. The van der Waals surface area contributed by atoms with Gasteiger partial charge in [-0.25, -0.2) is 0 Å². The minimum absolute atomic E-state index is 0.0186. The van der Waals surface area contributed by atoms with Crippen LogP contribution in [0.2, 0.25) is 0 Å². The van der Waals surface area contributed by atoms with Gasteiger partial charge in [-0.1, -0.05) is 68.3 Å². The van der Waals surface area contributed by atoms with Gasteiger partial charge in [-0.2, -0.15) is 5.26 Å². The van der Waals surface area contributed by atoms with Gasteiger partial charge in [-0.15, -0.1) is 0 Å². The summed E-state index contributed by atoms with van der Waals surface area (Å²) >= 11 is 7.11. The fraction of sp³-hybridized carbons (Fsp3) is 0.405. The first-order chi connectivity index (χ1) is 21.4. The van der Waals surface area contributed by atoms with Crippen molar-refractivity contribution < 1.29 is 19.0 Å². The third-order valence-electron chi connectivity index (χ3n) is 12.8. The van der Waals surface area contributed by atoms with Gasteiger partial charge in [-0.3, -0.25) is 4.79 Å². The highest BCUT2D eigenvalue weighted by Crippen LogP contribution is 2.92. The predicted octanol–water partition coefficient (Wildman–Crippen LogP) is 7.85. The summed E-state index contributed by atoms with van der Waals surface area (Å²) in [5.74, 6) is 2.05. The van der Waals surface area contributed by atoms with Crippen LogP contribution in [0.1, 0.15) is 24.8 Å². The van der Waals surface area contributed by atoms with E-state index < -0.39 is 22.7 Å². The Morgan fingerprint density at radius 2 is 1.55 bits per heavy atom. The number of allylic oxidation sites excluding steroid dienone is 1. The summed E-state index contributed by atoms with van der Waals surface area (Å²) in [5, 5.41) is 10.9. The van der Waals surface area contributed by atoms with Crippen molar-refractivity contribution in [2.75, 3.05) is 0 Å². The fourth-order valence-electron chi connectivity index (χ4n) is 11.9. The molecule has 44 heavy (non-hydrogen) atoms. The van der Waals surface area contributed by atoms with Gasteiger partial charge in [0.2, 0.25) is 6.29 Å². The Kier molecular flexibility index (Phi) is 5.18. The molecule has 4 saturated carbocycles. The Hall–Kier alpha value is -2.92. The van der Waals surface area contributed by atoms with Crippen LogP contribution in [0.15, 0.2) is 93.9 Å². The lowest BCUT2D eigenvalue weighted by Gasteiger charge is -2.72. The molecule has 11 atom stereocenters. The molecule has 0 amide bonds. The van der Waals surface area contributed by atoms with Crippen molar-refractivity contribution >= 4 is 43.2 Å². The number of hydrogen-bond acceptors (Lipinski definition) is 5. The molecule has 2 spiro atoms. The molecule has 3 aromatic rings. The lowest BCUT2D eigenvalue weighted by Crippen LogP contribution is -2.81. The van der Waals surface area contributed by atoms with Crippen LogP contribution in [0.3, 0.4) is 0 Å². The van der Waals surface area contributed by atoms with Gasteiger partial charge in [-0.05, 0) is 109 Å². The molecule has 0 radical (unpaired) electrons. The fourth-order valence-corrected chi connectivity index (χ4v) is 12.4. The van der Waals surface area contributed by atoms with Crippen molar-refractivity contribution in [3.63, 3.8) is 0 Å². The first-order valence-corrected chi connectivity index (χ1v) is 17.3. The molecule has 1 aliphatic heterocycles. The minimum Gasteiger partial charge on any atom is -0.455 e. The summed E-state index contributed by atoms with van der Waals surface area (Å²) in [4.78, 5) is 15.4. The molecular weight excluding hydrogens is 682 g/mol. The first-order valence-electron chi connectivity index (χ1n) is 15.7. The normalized spacial score (nSPS) is 42.6. The number of ether oxygens (including phenoxy) is 3. The first kappa shape index (κ1) is 26.3. The molecule has 6 aliphatic rings. The third kappa shape index (κ3) is 2.77. The third-order valence-corrected chi connectivity index (χ3v) is 13.8. The number of carbonyl (C=O) groups excluding carboxylic acids is 1. The Morgan fingerprint density at radius 3 is 2.18 bits per heavy atom. The van der Waals surface area contributed by atoms with Crippen molar-refractivity contribution in [3.8, 4) is 17.6 Å². The smallest absolute Gasteiger partial charge is 0.245 e. The zero-order valence-corrected chi connectivity index (χ0v) is 26.9. The van der Waals surface area contributed by atoms with E-state index in [-0.39, 0.29) is 47.4 Å². The summed E-state index contributed by atoms with van der Waals surface area (Å²) in [6.07, 6.45) is 4.24. The van der Waals surface area contributed by atoms with E-state index in [9.17, 15) is 5.26 Å². The number of benzene rings is 3. The molecule has 9 rings (SSSR count). The molecule has 0 N–H and O–H groups in total. The van der Waals surface area contributed by atoms with E-state index in [4.69, 9.17) is 14.2 Å². The van der Waals surface area contributed by atoms with E-state index in [1.165, 1.54) is 11.1 Å². The number of carbonyl (C=O) groups is 1. The van der Waals surface area contributed by atoms with Gasteiger partial charge < -0.3 is 14.2 Å². The molecule has 7 heteroatoms. The Morgan fingerprint density at radius 1 is 0.886 bits per heavy atom. The van der Waals surface area contributed by atoms with E-state index in [1.54, 1.807) is 0 Å². The average Bonchev–Trinajstić information content (AvgIpc) is 3.58. The van der Waals surface area contributed by atoms with Crippen LogP contribution in [0.5, 0.6) is 11.5 Å². The Balaban J connectivity index is 1.20.